The average molecular weight is 508 g/mol. The summed E-state index contributed by atoms with van der Waals surface area (Å²) >= 11 is 2.63. The first-order valence-corrected chi connectivity index (χ1v) is 12.7. The lowest BCUT2D eigenvalue weighted by molar-refractivity contribution is -0.113. The molecule has 0 saturated heterocycles. The Morgan fingerprint density at radius 1 is 1.20 bits per heavy atom. The number of carbonyl (C=O) groups is 1. The predicted octanol–water partition coefficient (Wildman–Crippen LogP) is 5.37. The number of ether oxygens (including phenoxy) is 2. The molecule has 4 rings (SSSR count). The van der Waals surface area contributed by atoms with Gasteiger partial charge < -0.3 is 14.8 Å². The molecule has 2 aromatic heterocycles. The number of allylic oxidation sites excluding steroid dienone is 1. The van der Waals surface area contributed by atoms with Gasteiger partial charge in [0.15, 0.2) is 5.16 Å². The van der Waals surface area contributed by atoms with Crippen LogP contribution in [-0.2, 0) is 11.3 Å². The summed E-state index contributed by atoms with van der Waals surface area (Å²) in [5.74, 6) is 0.944. The van der Waals surface area contributed by atoms with E-state index in [-0.39, 0.29) is 17.2 Å². The number of aryl methyl sites for hydroxylation is 1. The molecule has 0 radical (unpaired) electrons. The molecule has 7 nitrogen and oxygen atoms in total. The van der Waals surface area contributed by atoms with Crippen LogP contribution in [0.5, 0.6) is 11.5 Å². The predicted molar refractivity (Wildman–Crippen MR) is 143 cm³/mol. The summed E-state index contributed by atoms with van der Waals surface area (Å²) in [6, 6.07) is 13.2. The Morgan fingerprint density at radius 3 is 2.66 bits per heavy atom. The quantitative estimate of drug-likeness (QED) is 0.186. The van der Waals surface area contributed by atoms with Crippen LogP contribution in [-0.4, -0.2) is 35.4 Å². The van der Waals surface area contributed by atoms with Crippen molar-refractivity contribution in [2.45, 2.75) is 18.6 Å². The van der Waals surface area contributed by atoms with Gasteiger partial charge in [-0.25, -0.2) is 4.98 Å². The Hall–Kier alpha value is -3.56. The van der Waals surface area contributed by atoms with Crippen molar-refractivity contribution < 1.29 is 14.3 Å². The maximum absolute atomic E-state index is 13.5. The van der Waals surface area contributed by atoms with Crippen molar-refractivity contribution in [3.05, 3.63) is 76.4 Å². The van der Waals surface area contributed by atoms with E-state index in [9.17, 15) is 9.59 Å². The first-order chi connectivity index (χ1) is 16.9. The molecule has 0 saturated carbocycles. The van der Waals surface area contributed by atoms with Crippen molar-refractivity contribution in [3.63, 3.8) is 0 Å². The van der Waals surface area contributed by atoms with E-state index in [1.165, 1.54) is 30.2 Å². The normalized spacial score (nSPS) is 10.8. The Bertz CT molecular complexity index is 1440. The maximum atomic E-state index is 13.5. The smallest absolute Gasteiger partial charge is 0.263 e. The molecule has 0 aliphatic rings. The largest absolute Gasteiger partial charge is 0.497 e. The summed E-state index contributed by atoms with van der Waals surface area (Å²) in [6.07, 6.45) is 1.65. The summed E-state index contributed by atoms with van der Waals surface area (Å²) in [5, 5.41) is 5.85. The first-order valence-electron chi connectivity index (χ1n) is 10.8. The van der Waals surface area contributed by atoms with E-state index >= 15 is 0 Å². The van der Waals surface area contributed by atoms with Crippen molar-refractivity contribution in [2.75, 3.05) is 25.3 Å². The van der Waals surface area contributed by atoms with E-state index in [0.717, 1.165) is 16.7 Å². The molecule has 0 aliphatic carbocycles. The van der Waals surface area contributed by atoms with Gasteiger partial charge in [-0.05, 0) is 24.6 Å². The molecular formula is C26H25N3O4S2. The fraction of sp³-hybridized carbons (Fsp3) is 0.192. The minimum atomic E-state index is -0.246. The molecule has 0 aliphatic heterocycles. The monoisotopic (exact) mass is 507 g/mol. The van der Waals surface area contributed by atoms with Crippen molar-refractivity contribution in [1.29, 1.82) is 0 Å². The zero-order chi connectivity index (χ0) is 24.9. The van der Waals surface area contributed by atoms with Gasteiger partial charge in [0, 0.05) is 23.6 Å². The summed E-state index contributed by atoms with van der Waals surface area (Å²) in [5.41, 5.74) is 3.37. The average Bonchev–Trinajstić information content (AvgIpc) is 3.29. The fourth-order valence-corrected chi connectivity index (χ4v) is 5.37. The molecule has 1 N–H and O–H groups in total. The Morgan fingerprint density at radius 2 is 1.97 bits per heavy atom. The van der Waals surface area contributed by atoms with Gasteiger partial charge >= 0.3 is 0 Å². The van der Waals surface area contributed by atoms with Crippen LogP contribution in [0.2, 0.25) is 0 Å². The number of nitrogens with one attached hydrogen (secondary N) is 1. The molecule has 1 amide bonds. The Labute approximate surface area is 211 Å². The van der Waals surface area contributed by atoms with Crippen LogP contribution in [0.25, 0.3) is 21.3 Å². The fourth-order valence-electron chi connectivity index (χ4n) is 3.57. The van der Waals surface area contributed by atoms with Crippen LogP contribution >= 0.6 is 23.1 Å². The standard InChI is InChI=1S/C26H25N3O4S2/c1-5-12-29-25(31)23-19(17-8-6-16(2)7-9-17)14-34-24(23)28-26(29)35-15-22(30)27-20-11-10-18(32-3)13-21(20)33-4/h5-11,13-14H,1,12,15H2,2-4H3,(H,27,30). The third kappa shape index (κ3) is 5.26. The van der Waals surface area contributed by atoms with Gasteiger partial charge in [-0.1, -0.05) is 47.7 Å². The number of fused-ring (bicyclic) bond motifs is 1. The number of carbonyl (C=O) groups excluding carboxylic acids is 1. The minimum Gasteiger partial charge on any atom is -0.497 e. The van der Waals surface area contributed by atoms with Crippen LogP contribution < -0.4 is 20.3 Å². The molecule has 0 bridgehead atoms. The lowest BCUT2D eigenvalue weighted by Gasteiger charge is -2.13. The number of hydrogen-bond donors (Lipinski definition) is 1. The highest BCUT2D eigenvalue weighted by molar-refractivity contribution is 7.99. The lowest BCUT2D eigenvalue weighted by atomic mass is 10.1. The number of nitrogens with zero attached hydrogens (tertiary/aromatic N) is 2. The van der Waals surface area contributed by atoms with Gasteiger partial charge in [0.2, 0.25) is 5.91 Å². The molecule has 0 atom stereocenters. The SMILES string of the molecule is C=CCn1c(SCC(=O)Nc2ccc(OC)cc2OC)nc2scc(-c3ccc(C)cc3)c2c1=O. The van der Waals surface area contributed by atoms with Crippen LogP contribution in [0.3, 0.4) is 0 Å². The molecular weight excluding hydrogens is 482 g/mol. The van der Waals surface area contributed by atoms with Crippen molar-refractivity contribution >= 4 is 44.9 Å². The summed E-state index contributed by atoms with van der Waals surface area (Å²) in [7, 11) is 3.09. The number of hydrogen-bond acceptors (Lipinski definition) is 7. The second-order valence-corrected chi connectivity index (χ2v) is 9.50. The lowest BCUT2D eigenvalue weighted by Crippen LogP contribution is -2.23. The van der Waals surface area contributed by atoms with E-state index in [1.54, 1.807) is 36.0 Å². The van der Waals surface area contributed by atoms with Crippen LogP contribution in [0.15, 0.2) is 70.5 Å². The molecule has 4 aromatic rings. The van der Waals surface area contributed by atoms with E-state index < -0.39 is 0 Å². The molecule has 0 spiro atoms. The third-order valence-electron chi connectivity index (χ3n) is 5.35. The van der Waals surface area contributed by atoms with Crippen LogP contribution in [0.1, 0.15) is 5.56 Å². The summed E-state index contributed by atoms with van der Waals surface area (Å²) in [4.78, 5) is 31.5. The van der Waals surface area contributed by atoms with Gasteiger partial charge in [-0.2, -0.15) is 0 Å². The zero-order valence-electron chi connectivity index (χ0n) is 19.7. The van der Waals surface area contributed by atoms with E-state index in [1.807, 2.05) is 36.6 Å². The maximum Gasteiger partial charge on any atom is 0.263 e. The number of anilines is 1. The highest BCUT2D eigenvalue weighted by Crippen LogP contribution is 2.33. The molecule has 2 heterocycles. The van der Waals surface area contributed by atoms with Gasteiger partial charge in [0.05, 0.1) is 31.0 Å². The van der Waals surface area contributed by atoms with Crippen LogP contribution in [0, 0.1) is 6.92 Å². The summed E-state index contributed by atoms with van der Waals surface area (Å²) < 4.78 is 12.1. The number of rotatable bonds is 9. The molecule has 0 unspecified atom stereocenters. The number of benzene rings is 2. The zero-order valence-corrected chi connectivity index (χ0v) is 21.3. The van der Waals surface area contributed by atoms with Gasteiger partial charge in [-0.3, -0.25) is 14.2 Å². The van der Waals surface area contributed by atoms with E-state index in [0.29, 0.717) is 39.1 Å². The van der Waals surface area contributed by atoms with Gasteiger partial charge in [0.25, 0.3) is 5.56 Å². The summed E-state index contributed by atoms with van der Waals surface area (Å²) in [6.45, 7) is 6.10. The highest BCUT2D eigenvalue weighted by atomic mass is 32.2. The number of thiophene rings is 1. The van der Waals surface area contributed by atoms with E-state index in [4.69, 9.17) is 14.5 Å². The van der Waals surface area contributed by atoms with Crippen molar-refractivity contribution in [3.8, 4) is 22.6 Å². The second kappa shape index (κ2) is 10.8. The van der Waals surface area contributed by atoms with Gasteiger partial charge in [-0.15, -0.1) is 17.9 Å². The molecule has 35 heavy (non-hydrogen) atoms. The van der Waals surface area contributed by atoms with Gasteiger partial charge in [0.1, 0.15) is 16.3 Å². The molecule has 2 aromatic carbocycles. The molecule has 180 valence electrons. The third-order valence-corrected chi connectivity index (χ3v) is 7.20. The number of amides is 1. The Kier molecular flexibility index (Phi) is 7.57. The first kappa shape index (κ1) is 24.6. The van der Waals surface area contributed by atoms with E-state index in [2.05, 4.69) is 11.9 Å². The highest BCUT2D eigenvalue weighted by Gasteiger charge is 2.18. The molecule has 0 fully saturated rings. The van der Waals surface area contributed by atoms with Crippen molar-refractivity contribution in [1.82, 2.24) is 9.55 Å². The minimum absolute atomic E-state index is 0.0699. The number of thioether (sulfide) groups is 1. The number of methoxy groups -OCH3 is 2. The second-order valence-electron chi connectivity index (χ2n) is 7.70. The molecule has 9 heteroatoms. The van der Waals surface area contributed by atoms with Crippen molar-refractivity contribution in [2.24, 2.45) is 0 Å². The number of aromatic nitrogens is 2. The Balaban J connectivity index is 1.60. The topological polar surface area (TPSA) is 82.5 Å². The van der Waals surface area contributed by atoms with Crippen LogP contribution in [0.4, 0.5) is 5.69 Å².